The van der Waals surface area contributed by atoms with E-state index in [1.165, 1.54) is 18.7 Å². The molecule has 1 atom stereocenters. The van der Waals surface area contributed by atoms with E-state index in [0.717, 1.165) is 21.8 Å². The first-order valence-electron chi connectivity index (χ1n) is 7.97. The van der Waals surface area contributed by atoms with Crippen LogP contribution in [0.5, 0.6) is 0 Å². The molecule has 0 aliphatic rings. The molecule has 0 radical (unpaired) electrons. The summed E-state index contributed by atoms with van der Waals surface area (Å²) in [5.41, 5.74) is 4.32. The van der Waals surface area contributed by atoms with Crippen LogP contribution in [0.1, 0.15) is 29.8 Å². The van der Waals surface area contributed by atoms with Gasteiger partial charge in [0.05, 0.1) is 16.3 Å². The Morgan fingerprint density at radius 1 is 1.16 bits per heavy atom. The van der Waals surface area contributed by atoms with E-state index >= 15 is 0 Å². The van der Waals surface area contributed by atoms with Crippen LogP contribution in [-0.4, -0.2) is 26.9 Å². The first kappa shape index (κ1) is 17.2. The fourth-order valence-corrected chi connectivity index (χ4v) is 3.43. The van der Waals surface area contributed by atoms with Crippen LogP contribution in [-0.2, 0) is 4.79 Å². The van der Waals surface area contributed by atoms with E-state index in [0.29, 0.717) is 11.3 Å². The lowest BCUT2D eigenvalue weighted by molar-refractivity contribution is -0.114. The topological polar surface area (TPSA) is 74.8 Å². The Kier molecular flexibility index (Phi) is 4.90. The molecule has 2 aromatic carbocycles. The largest absolute Gasteiger partial charge is 0.333 e. The number of hydrogen-bond donors (Lipinski definition) is 2. The predicted molar refractivity (Wildman–Crippen MR) is 101 cm³/mol. The molecule has 5 nitrogen and oxygen atoms in total. The van der Waals surface area contributed by atoms with Crippen molar-refractivity contribution in [1.29, 1.82) is 0 Å². The number of aromatic amines is 1. The summed E-state index contributed by atoms with van der Waals surface area (Å²) in [7, 11) is 0. The number of anilines is 1. The number of nitrogens with one attached hydrogen (secondary N) is 2. The van der Waals surface area contributed by atoms with E-state index in [2.05, 4.69) is 15.3 Å². The number of H-pyrrole nitrogens is 1. The molecule has 0 saturated heterocycles. The predicted octanol–water partition coefficient (Wildman–Crippen LogP) is 4.19. The van der Waals surface area contributed by atoms with Crippen LogP contribution in [0.2, 0.25) is 0 Å². The molecule has 0 bridgehead atoms. The number of aryl methyl sites for hydroxylation is 1. The highest BCUT2D eigenvalue weighted by Gasteiger charge is 2.18. The lowest BCUT2D eigenvalue weighted by Crippen LogP contribution is -2.14. The van der Waals surface area contributed by atoms with Crippen LogP contribution in [0.15, 0.2) is 47.6 Å². The third kappa shape index (κ3) is 4.09. The molecule has 0 aliphatic carbocycles. The molecule has 1 aromatic heterocycles. The maximum absolute atomic E-state index is 12.6. The SMILES string of the molecule is CC(=O)Nc1ccc(C(=O)C(C)Sc2nc3ccc(C)cc3[nH]2)cc1. The van der Waals surface area contributed by atoms with Gasteiger partial charge in [0.15, 0.2) is 10.9 Å². The number of amides is 1. The number of Topliss-reactive ketones (excluding diaryl/α,β-unsaturated/α-hetero) is 1. The summed E-state index contributed by atoms with van der Waals surface area (Å²) in [6.45, 7) is 5.35. The van der Waals surface area contributed by atoms with Crippen molar-refractivity contribution < 1.29 is 9.59 Å². The van der Waals surface area contributed by atoms with Gasteiger partial charge >= 0.3 is 0 Å². The zero-order chi connectivity index (χ0) is 18.0. The molecule has 0 aliphatic heterocycles. The summed E-state index contributed by atoms with van der Waals surface area (Å²) in [6.07, 6.45) is 0. The number of carbonyl (C=O) groups excluding carboxylic acids is 2. The Morgan fingerprint density at radius 2 is 1.88 bits per heavy atom. The molecule has 3 rings (SSSR count). The van der Waals surface area contributed by atoms with E-state index in [4.69, 9.17) is 0 Å². The van der Waals surface area contributed by atoms with E-state index in [1.807, 2.05) is 32.0 Å². The van der Waals surface area contributed by atoms with Gasteiger partial charge in [0.2, 0.25) is 5.91 Å². The van der Waals surface area contributed by atoms with E-state index in [1.54, 1.807) is 24.3 Å². The summed E-state index contributed by atoms with van der Waals surface area (Å²) < 4.78 is 0. The molecule has 128 valence electrons. The van der Waals surface area contributed by atoms with Gasteiger partial charge in [-0.1, -0.05) is 17.8 Å². The standard InChI is InChI=1S/C19H19N3O2S/c1-11-4-9-16-17(10-11)22-19(21-16)25-12(2)18(24)14-5-7-15(8-6-14)20-13(3)23/h4-10,12H,1-3H3,(H,20,23)(H,21,22). The number of fused-ring (bicyclic) bond motifs is 1. The molecule has 0 saturated carbocycles. The second kappa shape index (κ2) is 7.11. The third-order valence-electron chi connectivity index (χ3n) is 3.76. The summed E-state index contributed by atoms with van der Waals surface area (Å²) in [5, 5.41) is 3.15. The highest BCUT2D eigenvalue weighted by molar-refractivity contribution is 8.00. The molecule has 1 unspecified atom stereocenters. The quantitative estimate of drug-likeness (QED) is 0.533. The van der Waals surface area contributed by atoms with Gasteiger partial charge in [0.25, 0.3) is 0 Å². The molecule has 25 heavy (non-hydrogen) atoms. The van der Waals surface area contributed by atoms with Gasteiger partial charge in [-0.15, -0.1) is 0 Å². The van der Waals surface area contributed by atoms with Crippen molar-refractivity contribution in [2.75, 3.05) is 5.32 Å². The van der Waals surface area contributed by atoms with Crippen molar-refractivity contribution in [3.63, 3.8) is 0 Å². The number of carbonyl (C=O) groups is 2. The molecule has 1 heterocycles. The Morgan fingerprint density at radius 3 is 2.56 bits per heavy atom. The Balaban J connectivity index is 1.71. The van der Waals surface area contributed by atoms with Crippen molar-refractivity contribution in [2.45, 2.75) is 31.2 Å². The number of rotatable bonds is 5. The minimum absolute atomic E-state index is 0.0241. The normalized spacial score (nSPS) is 12.1. The second-order valence-electron chi connectivity index (χ2n) is 5.95. The molecular weight excluding hydrogens is 334 g/mol. The van der Waals surface area contributed by atoms with Gasteiger partial charge < -0.3 is 10.3 Å². The van der Waals surface area contributed by atoms with E-state index in [9.17, 15) is 9.59 Å². The summed E-state index contributed by atoms with van der Waals surface area (Å²) in [6, 6.07) is 13.0. The third-order valence-corrected chi connectivity index (χ3v) is 4.75. The lowest BCUT2D eigenvalue weighted by Gasteiger charge is -2.09. The first-order valence-corrected chi connectivity index (χ1v) is 8.85. The zero-order valence-electron chi connectivity index (χ0n) is 14.3. The van der Waals surface area contributed by atoms with Gasteiger partial charge in [-0.2, -0.15) is 0 Å². The number of thioether (sulfide) groups is 1. The number of hydrogen-bond acceptors (Lipinski definition) is 4. The Labute approximate surface area is 150 Å². The summed E-state index contributed by atoms with van der Waals surface area (Å²) >= 11 is 1.41. The number of benzene rings is 2. The molecule has 0 spiro atoms. The average molecular weight is 353 g/mol. The molecule has 1 amide bonds. The maximum atomic E-state index is 12.6. The highest BCUT2D eigenvalue weighted by atomic mass is 32.2. The van der Waals surface area contributed by atoms with Crippen LogP contribution in [0.3, 0.4) is 0 Å². The fourth-order valence-electron chi connectivity index (χ4n) is 2.53. The number of ketones is 1. The molecule has 3 aromatic rings. The fraction of sp³-hybridized carbons (Fsp3) is 0.211. The van der Waals surface area contributed by atoms with Gasteiger partial charge in [-0.25, -0.2) is 4.98 Å². The van der Waals surface area contributed by atoms with Crippen LogP contribution in [0.4, 0.5) is 5.69 Å². The second-order valence-corrected chi connectivity index (χ2v) is 7.27. The summed E-state index contributed by atoms with van der Waals surface area (Å²) in [4.78, 5) is 31.4. The minimum atomic E-state index is -0.270. The number of aromatic nitrogens is 2. The Hall–Kier alpha value is -2.60. The van der Waals surface area contributed by atoms with Crippen LogP contribution in [0.25, 0.3) is 11.0 Å². The van der Waals surface area contributed by atoms with Crippen LogP contribution in [0, 0.1) is 6.92 Å². The van der Waals surface area contributed by atoms with Crippen molar-refractivity contribution in [1.82, 2.24) is 9.97 Å². The number of nitrogens with zero attached hydrogens (tertiary/aromatic N) is 1. The van der Waals surface area contributed by atoms with Gasteiger partial charge in [0, 0.05) is 18.2 Å². The molecule has 2 N–H and O–H groups in total. The van der Waals surface area contributed by atoms with Crippen molar-refractivity contribution in [3.8, 4) is 0 Å². The summed E-state index contributed by atoms with van der Waals surface area (Å²) in [5.74, 6) is -0.112. The van der Waals surface area contributed by atoms with E-state index in [-0.39, 0.29) is 16.9 Å². The Bertz CT molecular complexity index is 931. The molecule has 6 heteroatoms. The van der Waals surface area contributed by atoms with Gasteiger partial charge in [0.1, 0.15) is 0 Å². The van der Waals surface area contributed by atoms with Gasteiger partial charge in [-0.05, 0) is 55.8 Å². The molecular formula is C19H19N3O2S. The van der Waals surface area contributed by atoms with Crippen LogP contribution < -0.4 is 5.32 Å². The maximum Gasteiger partial charge on any atom is 0.221 e. The van der Waals surface area contributed by atoms with E-state index < -0.39 is 0 Å². The zero-order valence-corrected chi connectivity index (χ0v) is 15.1. The number of imidazole rings is 1. The van der Waals surface area contributed by atoms with Crippen LogP contribution >= 0.6 is 11.8 Å². The van der Waals surface area contributed by atoms with Gasteiger partial charge in [-0.3, -0.25) is 9.59 Å². The minimum Gasteiger partial charge on any atom is -0.333 e. The lowest BCUT2D eigenvalue weighted by atomic mass is 10.1. The highest BCUT2D eigenvalue weighted by Crippen LogP contribution is 2.26. The average Bonchev–Trinajstić information content (AvgIpc) is 2.95. The first-order chi connectivity index (χ1) is 11.9. The molecule has 0 fully saturated rings. The van der Waals surface area contributed by atoms with Crippen molar-refractivity contribution in [2.24, 2.45) is 0 Å². The van der Waals surface area contributed by atoms with Crippen molar-refractivity contribution >= 4 is 40.2 Å². The monoisotopic (exact) mass is 353 g/mol. The van der Waals surface area contributed by atoms with Crippen molar-refractivity contribution in [3.05, 3.63) is 53.6 Å². The smallest absolute Gasteiger partial charge is 0.221 e.